The molecule has 204 valence electrons. The average Bonchev–Trinajstić information content (AvgIpc) is 3.60. The van der Waals surface area contributed by atoms with Gasteiger partial charge in [-0.05, 0) is 94.0 Å². The molecule has 0 aromatic carbocycles. The van der Waals surface area contributed by atoms with Crippen molar-refractivity contribution in [3.8, 4) is 0 Å². The number of ketones is 2. The first-order valence-corrected chi connectivity index (χ1v) is 14.8. The monoisotopic (exact) mass is 508 g/mol. The van der Waals surface area contributed by atoms with Crippen molar-refractivity contribution >= 4 is 11.6 Å². The number of carbonyl (C=O) groups is 2. The Morgan fingerprint density at radius 1 is 1.03 bits per heavy atom. The van der Waals surface area contributed by atoms with Gasteiger partial charge in [0, 0.05) is 12.8 Å². The second kappa shape index (κ2) is 11.5. The Hall–Kier alpha value is -1.78. The number of allylic oxidation sites excluding steroid dienone is 5. The molecule has 0 aromatic heterocycles. The second-order valence-corrected chi connectivity index (χ2v) is 12.7. The van der Waals surface area contributed by atoms with Crippen LogP contribution in [0.15, 0.2) is 47.1 Å². The number of aliphatic hydroxyl groups is 2. The Bertz CT molecular complexity index is 978. The molecule has 0 amide bonds. The van der Waals surface area contributed by atoms with E-state index >= 15 is 0 Å². The van der Waals surface area contributed by atoms with Gasteiger partial charge in [0.15, 0.2) is 0 Å². The number of unbranched alkanes of at least 4 members (excludes halogenated alkanes) is 2. The van der Waals surface area contributed by atoms with Crippen LogP contribution in [0, 0.1) is 22.7 Å². The van der Waals surface area contributed by atoms with Gasteiger partial charge in [-0.25, -0.2) is 0 Å². The SMILES string of the molecule is C=C1[C@H](O)CC(=CC=C2CCC[C@]3(C)[C@@H](/C(C)=C\CC(=O)C4(C(=O)CCCCC)CC4)CC[C@@H]23)C[C@H]1O. The molecule has 4 nitrogen and oxygen atoms in total. The maximum atomic E-state index is 13.1. The summed E-state index contributed by atoms with van der Waals surface area (Å²) in [4.78, 5) is 25.9. The first kappa shape index (κ1) is 28.2. The summed E-state index contributed by atoms with van der Waals surface area (Å²) in [6, 6.07) is 0. The lowest BCUT2D eigenvalue weighted by molar-refractivity contribution is -0.134. The van der Waals surface area contributed by atoms with Gasteiger partial charge in [0.1, 0.15) is 11.6 Å². The molecule has 4 aliphatic rings. The summed E-state index contributed by atoms with van der Waals surface area (Å²) in [5, 5.41) is 20.4. The average molecular weight is 509 g/mol. The molecule has 5 atom stereocenters. The molecule has 2 N–H and O–H groups in total. The zero-order valence-corrected chi connectivity index (χ0v) is 23.4. The van der Waals surface area contributed by atoms with Gasteiger partial charge in [0.2, 0.25) is 0 Å². The Morgan fingerprint density at radius 3 is 2.38 bits per heavy atom. The van der Waals surface area contributed by atoms with Crippen LogP contribution in [0.5, 0.6) is 0 Å². The van der Waals surface area contributed by atoms with Gasteiger partial charge in [-0.1, -0.05) is 68.2 Å². The van der Waals surface area contributed by atoms with Gasteiger partial charge < -0.3 is 10.2 Å². The molecule has 4 heteroatoms. The van der Waals surface area contributed by atoms with Crippen LogP contribution in [0.3, 0.4) is 0 Å². The molecular weight excluding hydrogens is 460 g/mol. The van der Waals surface area contributed by atoms with Crippen molar-refractivity contribution in [3.05, 3.63) is 47.1 Å². The summed E-state index contributed by atoms with van der Waals surface area (Å²) in [5.74, 6) is 1.33. The largest absolute Gasteiger partial charge is 0.388 e. The highest BCUT2D eigenvalue weighted by Crippen LogP contribution is 2.59. The number of Topliss-reactive ketones (excluding diaryl/α,β-unsaturated/α-hetero) is 2. The number of fused-ring (bicyclic) bond motifs is 1. The molecule has 0 radical (unpaired) electrons. The molecule has 4 rings (SSSR count). The zero-order chi connectivity index (χ0) is 26.8. The van der Waals surface area contributed by atoms with Crippen LogP contribution in [0.4, 0.5) is 0 Å². The minimum atomic E-state index is -0.659. The summed E-state index contributed by atoms with van der Waals surface area (Å²) in [6.07, 6.45) is 17.7. The molecule has 4 fully saturated rings. The molecular formula is C33H48O4. The van der Waals surface area contributed by atoms with E-state index in [0.717, 1.165) is 56.9 Å². The van der Waals surface area contributed by atoms with Crippen molar-refractivity contribution in [2.45, 2.75) is 123 Å². The molecule has 0 saturated heterocycles. The van der Waals surface area contributed by atoms with E-state index in [1.165, 1.54) is 24.0 Å². The molecule has 0 aliphatic heterocycles. The third-order valence-corrected chi connectivity index (χ3v) is 10.2. The van der Waals surface area contributed by atoms with E-state index in [-0.39, 0.29) is 17.0 Å². The molecule has 0 aromatic rings. The lowest BCUT2D eigenvalue weighted by Gasteiger charge is -2.43. The number of hydrogen-bond donors (Lipinski definition) is 2. The Labute approximate surface area is 224 Å². The molecule has 0 heterocycles. The standard InChI is InChI=1S/C33H48O4/c1-5-6-7-10-30(36)33(18-19-33)31(37)16-11-22(2)26-14-15-27-25(9-8-17-32(26,27)4)13-12-24-20-28(34)23(3)29(35)21-24/h11-13,26-29,34-35H,3,5-10,14-21H2,1-2,4H3/b22-11-,25-13?/t26-,27+,28-,29-,32-/m1/s1. The van der Waals surface area contributed by atoms with Crippen LogP contribution in [0.1, 0.15) is 111 Å². The number of carbonyl (C=O) groups excluding carboxylic acids is 2. The van der Waals surface area contributed by atoms with E-state index in [1.54, 1.807) is 0 Å². The van der Waals surface area contributed by atoms with Gasteiger partial charge in [0.25, 0.3) is 0 Å². The van der Waals surface area contributed by atoms with Crippen LogP contribution < -0.4 is 0 Å². The summed E-state index contributed by atoms with van der Waals surface area (Å²) in [5.41, 5.74) is 3.98. The number of hydrogen-bond acceptors (Lipinski definition) is 4. The molecule has 0 unspecified atom stereocenters. The van der Waals surface area contributed by atoms with E-state index in [4.69, 9.17) is 0 Å². The fourth-order valence-electron chi connectivity index (χ4n) is 7.62. The summed E-state index contributed by atoms with van der Waals surface area (Å²) < 4.78 is 0. The van der Waals surface area contributed by atoms with Crippen molar-refractivity contribution < 1.29 is 19.8 Å². The Morgan fingerprint density at radius 2 is 1.73 bits per heavy atom. The van der Waals surface area contributed by atoms with Crippen LogP contribution in [0.2, 0.25) is 0 Å². The topological polar surface area (TPSA) is 74.6 Å². The van der Waals surface area contributed by atoms with Gasteiger partial charge in [0.05, 0.1) is 17.6 Å². The molecule has 37 heavy (non-hydrogen) atoms. The van der Waals surface area contributed by atoms with Gasteiger partial charge >= 0.3 is 0 Å². The summed E-state index contributed by atoms with van der Waals surface area (Å²) >= 11 is 0. The fraction of sp³-hybridized carbons (Fsp3) is 0.697. The van der Waals surface area contributed by atoms with E-state index in [0.29, 0.717) is 43.1 Å². The highest BCUT2D eigenvalue weighted by atomic mass is 16.3. The lowest BCUT2D eigenvalue weighted by atomic mass is 9.62. The second-order valence-electron chi connectivity index (χ2n) is 12.7. The van der Waals surface area contributed by atoms with Crippen LogP contribution >= 0.6 is 0 Å². The predicted octanol–water partition coefficient (Wildman–Crippen LogP) is 6.96. The van der Waals surface area contributed by atoms with E-state index in [1.807, 2.05) is 0 Å². The van der Waals surface area contributed by atoms with Crippen molar-refractivity contribution in [2.75, 3.05) is 0 Å². The highest BCUT2D eigenvalue weighted by molar-refractivity contribution is 6.10. The summed E-state index contributed by atoms with van der Waals surface area (Å²) in [7, 11) is 0. The third kappa shape index (κ3) is 5.81. The quantitative estimate of drug-likeness (QED) is 0.190. The van der Waals surface area contributed by atoms with Crippen molar-refractivity contribution in [3.63, 3.8) is 0 Å². The van der Waals surface area contributed by atoms with E-state index < -0.39 is 17.6 Å². The minimum Gasteiger partial charge on any atom is -0.388 e. The third-order valence-electron chi connectivity index (χ3n) is 10.2. The smallest absolute Gasteiger partial charge is 0.150 e. The molecule has 0 spiro atoms. The number of aliphatic hydroxyl groups excluding tert-OH is 2. The van der Waals surface area contributed by atoms with Crippen molar-refractivity contribution in [2.24, 2.45) is 22.7 Å². The van der Waals surface area contributed by atoms with E-state index in [9.17, 15) is 19.8 Å². The predicted molar refractivity (Wildman–Crippen MR) is 149 cm³/mol. The van der Waals surface area contributed by atoms with Gasteiger partial charge in [-0.2, -0.15) is 0 Å². The van der Waals surface area contributed by atoms with E-state index in [2.05, 4.69) is 45.6 Å². The first-order valence-electron chi connectivity index (χ1n) is 14.8. The normalized spacial score (nSPS) is 34.4. The minimum absolute atomic E-state index is 0.142. The maximum absolute atomic E-state index is 13.1. The first-order chi connectivity index (χ1) is 17.6. The van der Waals surface area contributed by atoms with Crippen LogP contribution in [-0.4, -0.2) is 34.0 Å². The van der Waals surface area contributed by atoms with Gasteiger partial charge in [-0.3, -0.25) is 9.59 Å². The van der Waals surface area contributed by atoms with Crippen molar-refractivity contribution in [1.82, 2.24) is 0 Å². The lowest BCUT2D eigenvalue weighted by Crippen LogP contribution is -2.33. The maximum Gasteiger partial charge on any atom is 0.150 e. The highest BCUT2D eigenvalue weighted by Gasteiger charge is 2.54. The summed E-state index contributed by atoms with van der Waals surface area (Å²) in [6.45, 7) is 10.6. The Kier molecular flexibility index (Phi) is 8.80. The number of rotatable bonds is 10. The fourth-order valence-corrected chi connectivity index (χ4v) is 7.62. The van der Waals surface area contributed by atoms with Crippen LogP contribution in [-0.2, 0) is 9.59 Å². The molecule has 4 saturated carbocycles. The zero-order valence-electron chi connectivity index (χ0n) is 23.4. The molecule has 0 bridgehead atoms. The van der Waals surface area contributed by atoms with Gasteiger partial charge in [-0.15, -0.1) is 0 Å². The Balaban J connectivity index is 1.41. The van der Waals surface area contributed by atoms with Crippen LogP contribution in [0.25, 0.3) is 0 Å². The van der Waals surface area contributed by atoms with Crippen molar-refractivity contribution in [1.29, 1.82) is 0 Å². The molecule has 4 aliphatic carbocycles.